The van der Waals surface area contributed by atoms with Gasteiger partial charge >= 0.3 is 6.03 Å². The predicted octanol–water partition coefficient (Wildman–Crippen LogP) is 3.11. The molecule has 2 aliphatic heterocycles. The van der Waals surface area contributed by atoms with Gasteiger partial charge in [0.05, 0.1) is 6.54 Å². The number of hydrogen-bond acceptors (Lipinski definition) is 5. The van der Waals surface area contributed by atoms with Crippen molar-refractivity contribution >= 4 is 25.9 Å². The molecule has 1 fully saturated rings. The molecular formula is C24H29N3O5Si. The van der Waals surface area contributed by atoms with Gasteiger partial charge in [0, 0.05) is 26.8 Å². The minimum atomic E-state index is -1.42. The quantitative estimate of drug-likeness (QED) is 0.353. The Bertz CT molecular complexity index is 1090. The Kier molecular flexibility index (Phi) is 6.02. The minimum absolute atomic E-state index is 0.00797. The maximum absolute atomic E-state index is 13.6. The third-order valence-corrected chi connectivity index (χ3v) is 7.76. The van der Waals surface area contributed by atoms with Crippen molar-refractivity contribution in [2.24, 2.45) is 0 Å². The van der Waals surface area contributed by atoms with E-state index in [0.29, 0.717) is 24.3 Å². The van der Waals surface area contributed by atoms with E-state index in [2.05, 4.69) is 25.0 Å². The minimum Gasteiger partial charge on any atom is -0.508 e. The molecule has 2 heterocycles. The van der Waals surface area contributed by atoms with Crippen molar-refractivity contribution < 1.29 is 24.2 Å². The molecule has 2 N–H and O–H groups in total. The Hall–Kier alpha value is -3.17. The molecule has 174 valence electrons. The SMILES string of the molecule is C[Si](C)(C)CCOCN1C(=O)NC(CN2Cc3ccc(O)cc3C2=O)(c2ccccc2)C1=O. The molecule has 0 radical (unpaired) electrons. The summed E-state index contributed by atoms with van der Waals surface area (Å²) in [6.07, 6.45) is 0. The number of nitrogens with one attached hydrogen (secondary N) is 1. The highest BCUT2D eigenvalue weighted by Crippen LogP contribution is 2.34. The molecule has 1 saturated heterocycles. The zero-order valence-corrected chi connectivity index (χ0v) is 20.1. The number of benzene rings is 2. The maximum atomic E-state index is 13.6. The first-order chi connectivity index (χ1) is 15.6. The van der Waals surface area contributed by atoms with E-state index in [4.69, 9.17) is 4.74 Å². The lowest BCUT2D eigenvalue weighted by Gasteiger charge is -2.31. The first kappa shape index (κ1) is 23.0. The molecule has 9 heteroatoms. The number of urea groups is 1. The summed E-state index contributed by atoms with van der Waals surface area (Å²) in [6, 6.07) is 14.0. The van der Waals surface area contributed by atoms with Crippen LogP contribution in [0.25, 0.3) is 0 Å². The van der Waals surface area contributed by atoms with Crippen molar-refractivity contribution in [1.82, 2.24) is 15.1 Å². The van der Waals surface area contributed by atoms with Gasteiger partial charge in [-0.25, -0.2) is 9.69 Å². The second-order valence-electron chi connectivity index (χ2n) is 9.79. The molecule has 0 aromatic heterocycles. The summed E-state index contributed by atoms with van der Waals surface area (Å²) < 4.78 is 5.69. The summed E-state index contributed by atoms with van der Waals surface area (Å²) in [6.45, 7) is 7.31. The fraction of sp³-hybridized carbons (Fsp3) is 0.375. The van der Waals surface area contributed by atoms with Crippen LogP contribution in [0.5, 0.6) is 5.75 Å². The van der Waals surface area contributed by atoms with Crippen LogP contribution in [0.15, 0.2) is 48.5 Å². The molecule has 33 heavy (non-hydrogen) atoms. The number of aromatic hydroxyl groups is 1. The smallest absolute Gasteiger partial charge is 0.327 e. The highest BCUT2D eigenvalue weighted by Gasteiger charge is 2.54. The molecule has 4 amide bonds. The van der Waals surface area contributed by atoms with Gasteiger partial charge in [-0.05, 0) is 29.3 Å². The molecule has 0 aliphatic carbocycles. The van der Waals surface area contributed by atoms with Gasteiger partial charge in [-0.3, -0.25) is 9.59 Å². The van der Waals surface area contributed by atoms with Gasteiger partial charge in [0.2, 0.25) is 0 Å². The molecule has 2 aromatic rings. The number of amides is 4. The molecule has 2 aromatic carbocycles. The molecule has 4 rings (SSSR count). The Morgan fingerprint density at radius 3 is 2.52 bits per heavy atom. The molecule has 0 bridgehead atoms. The number of phenols is 1. The molecule has 1 atom stereocenters. The van der Waals surface area contributed by atoms with Crippen molar-refractivity contribution in [3.63, 3.8) is 0 Å². The molecule has 2 aliphatic rings. The average Bonchev–Trinajstić information content (AvgIpc) is 3.19. The van der Waals surface area contributed by atoms with Gasteiger partial charge in [-0.2, -0.15) is 0 Å². The third kappa shape index (κ3) is 4.51. The van der Waals surface area contributed by atoms with E-state index in [0.717, 1.165) is 16.5 Å². The number of carbonyl (C=O) groups excluding carboxylic acids is 3. The van der Waals surface area contributed by atoms with Crippen LogP contribution in [-0.2, 0) is 21.6 Å². The van der Waals surface area contributed by atoms with Crippen LogP contribution >= 0.6 is 0 Å². The molecule has 1 unspecified atom stereocenters. The van der Waals surface area contributed by atoms with Gasteiger partial charge in [-0.15, -0.1) is 0 Å². The Balaban J connectivity index is 1.58. The Morgan fingerprint density at radius 2 is 1.82 bits per heavy atom. The van der Waals surface area contributed by atoms with E-state index < -0.39 is 25.6 Å². The van der Waals surface area contributed by atoms with Crippen LogP contribution < -0.4 is 5.32 Å². The number of carbonyl (C=O) groups is 3. The first-order valence-electron chi connectivity index (χ1n) is 11.0. The topological polar surface area (TPSA) is 99.2 Å². The number of nitrogens with zero attached hydrogens (tertiary/aromatic N) is 2. The van der Waals surface area contributed by atoms with Crippen LogP contribution in [0.4, 0.5) is 4.79 Å². The Morgan fingerprint density at radius 1 is 1.09 bits per heavy atom. The predicted molar refractivity (Wildman–Crippen MR) is 125 cm³/mol. The largest absolute Gasteiger partial charge is 0.508 e. The van der Waals surface area contributed by atoms with Crippen molar-refractivity contribution in [2.75, 3.05) is 19.9 Å². The summed E-state index contributed by atoms with van der Waals surface area (Å²) in [5, 5.41) is 12.6. The summed E-state index contributed by atoms with van der Waals surface area (Å²) in [5.41, 5.74) is 0.352. The summed E-state index contributed by atoms with van der Waals surface area (Å²) in [7, 11) is -1.31. The van der Waals surface area contributed by atoms with E-state index >= 15 is 0 Å². The van der Waals surface area contributed by atoms with Crippen LogP contribution in [-0.4, -0.2) is 60.7 Å². The van der Waals surface area contributed by atoms with E-state index in [9.17, 15) is 19.5 Å². The van der Waals surface area contributed by atoms with Gasteiger partial charge in [0.25, 0.3) is 11.8 Å². The maximum Gasteiger partial charge on any atom is 0.327 e. The number of rotatable bonds is 8. The number of ether oxygens (including phenoxy) is 1. The average molecular weight is 468 g/mol. The molecule has 0 saturated carbocycles. The van der Waals surface area contributed by atoms with Crippen molar-refractivity contribution in [3.05, 3.63) is 65.2 Å². The fourth-order valence-corrected chi connectivity index (χ4v) is 4.91. The number of imide groups is 1. The fourth-order valence-electron chi connectivity index (χ4n) is 4.16. The second kappa shape index (κ2) is 8.64. The monoisotopic (exact) mass is 467 g/mol. The number of fused-ring (bicyclic) bond motifs is 1. The van der Waals surface area contributed by atoms with E-state index in [-0.39, 0.29) is 24.9 Å². The van der Waals surface area contributed by atoms with E-state index in [1.54, 1.807) is 30.3 Å². The first-order valence-corrected chi connectivity index (χ1v) is 14.7. The second-order valence-corrected chi connectivity index (χ2v) is 15.4. The van der Waals surface area contributed by atoms with Crippen molar-refractivity contribution in [2.45, 2.75) is 37.8 Å². The van der Waals surface area contributed by atoms with Gasteiger partial charge in [-0.1, -0.05) is 56.0 Å². The molecule has 0 spiro atoms. The van der Waals surface area contributed by atoms with Crippen LogP contribution in [0.3, 0.4) is 0 Å². The lowest BCUT2D eigenvalue weighted by atomic mass is 9.89. The highest BCUT2D eigenvalue weighted by atomic mass is 28.3. The third-order valence-electron chi connectivity index (χ3n) is 6.06. The Labute approximate surface area is 194 Å². The highest BCUT2D eigenvalue weighted by molar-refractivity contribution is 6.76. The molecular weight excluding hydrogens is 438 g/mol. The zero-order chi connectivity index (χ0) is 23.8. The zero-order valence-electron chi connectivity index (χ0n) is 19.1. The summed E-state index contributed by atoms with van der Waals surface area (Å²) in [5.74, 6) is -0.727. The normalized spacial score (nSPS) is 20.4. The number of hydrogen-bond donors (Lipinski definition) is 2. The number of phenolic OH excluding ortho intramolecular Hbond substituents is 1. The molecule has 8 nitrogen and oxygen atoms in total. The van der Waals surface area contributed by atoms with Gasteiger partial charge in [0.1, 0.15) is 12.5 Å². The standard InChI is InChI=1S/C24H29N3O5Si/c1-33(2,3)12-11-32-16-27-22(30)24(25-23(27)31,18-7-5-4-6-8-18)15-26-14-17-9-10-19(28)13-20(17)21(26)29/h4-10,13,28H,11-12,14-16H2,1-3H3,(H,25,31). The van der Waals surface area contributed by atoms with Gasteiger partial charge in [0.15, 0.2) is 5.54 Å². The van der Waals surface area contributed by atoms with Gasteiger partial charge < -0.3 is 20.1 Å². The summed E-state index contributed by atoms with van der Waals surface area (Å²) >= 11 is 0. The van der Waals surface area contributed by atoms with Crippen molar-refractivity contribution in [3.8, 4) is 5.75 Å². The van der Waals surface area contributed by atoms with E-state index in [1.807, 2.05) is 6.07 Å². The lowest BCUT2D eigenvalue weighted by Crippen LogP contribution is -2.52. The van der Waals surface area contributed by atoms with Crippen LogP contribution in [0.1, 0.15) is 21.5 Å². The van der Waals surface area contributed by atoms with E-state index in [1.165, 1.54) is 17.0 Å². The van der Waals surface area contributed by atoms with Crippen LogP contribution in [0.2, 0.25) is 25.7 Å². The summed E-state index contributed by atoms with van der Waals surface area (Å²) in [4.78, 5) is 42.2. The van der Waals surface area contributed by atoms with Crippen LogP contribution in [0, 0.1) is 0 Å². The lowest BCUT2D eigenvalue weighted by molar-refractivity contribution is -0.135. The van der Waals surface area contributed by atoms with Crippen molar-refractivity contribution in [1.29, 1.82) is 0 Å².